The van der Waals surface area contributed by atoms with Gasteiger partial charge < -0.3 is 10.6 Å². The summed E-state index contributed by atoms with van der Waals surface area (Å²) in [4.78, 5) is 6.31. The fourth-order valence-electron chi connectivity index (χ4n) is 1.68. The summed E-state index contributed by atoms with van der Waals surface area (Å²) in [6.45, 7) is 9.81. The standard InChI is InChI=1S/C11H25N3/c1-6-10(7-2)14(8-9(3)4)11(12)13-5/h9-10H,6-8H2,1-5H3,(H2,12,13). The van der Waals surface area contributed by atoms with Crippen LogP contribution in [0.3, 0.4) is 0 Å². The van der Waals surface area contributed by atoms with E-state index in [2.05, 4.69) is 37.6 Å². The topological polar surface area (TPSA) is 41.6 Å². The third-order valence-electron chi connectivity index (χ3n) is 2.47. The molecule has 0 amide bonds. The van der Waals surface area contributed by atoms with Gasteiger partial charge in [-0.1, -0.05) is 27.7 Å². The van der Waals surface area contributed by atoms with Crippen molar-refractivity contribution in [3.63, 3.8) is 0 Å². The van der Waals surface area contributed by atoms with E-state index in [1.54, 1.807) is 7.05 Å². The quantitative estimate of drug-likeness (QED) is 0.544. The maximum absolute atomic E-state index is 5.89. The molecule has 0 atom stereocenters. The van der Waals surface area contributed by atoms with Crippen LogP contribution in [0.4, 0.5) is 0 Å². The van der Waals surface area contributed by atoms with Crippen molar-refractivity contribution in [2.24, 2.45) is 16.6 Å². The summed E-state index contributed by atoms with van der Waals surface area (Å²) in [5, 5.41) is 0. The van der Waals surface area contributed by atoms with E-state index in [-0.39, 0.29) is 0 Å². The molecule has 0 saturated carbocycles. The van der Waals surface area contributed by atoms with Crippen LogP contribution in [0.2, 0.25) is 0 Å². The van der Waals surface area contributed by atoms with Gasteiger partial charge in [-0.3, -0.25) is 4.99 Å². The van der Waals surface area contributed by atoms with Gasteiger partial charge in [0.15, 0.2) is 5.96 Å². The van der Waals surface area contributed by atoms with Gasteiger partial charge in [0.05, 0.1) is 0 Å². The molecule has 0 aliphatic heterocycles. The molecule has 3 nitrogen and oxygen atoms in total. The van der Waals surface area contributed by atoms with Crippen molar-refractivity contribution in [3.05, 3.63) is 0 Å². The van der Waals surface area contributed by atoms with Gasteiger partial charge in [-0.05, 0) is 18.8 Å². The second-order valence-electron chi connectivity index (χ2n) is 4.10. The molecule has 0 aromatic heterocycles. The zero-order valence-electron chi connectivity index (χ0n) is 10.2. The Hall–Kier alpha value is -0.730. The lowest BCUT2D eigenvalue weighted by Gasteiger charge is -2.32. The predicted octanol–water partition coefficient (Wildman–Crippen LogP) is 2.08. The molecule has 0 aliphatic carbocycles. The normalized spacial score (nSPS) is 12.6. The van der Waals surface area contributed by atoms with Gasteiger partial charge in [0.1, 0.15) is 0 Å². The highest BCUT2D eigenvalue weighted by atomic mass is 15.3. The minimum Gasteiger partial charge on any atom is -0.370 e. The monoisotopic (exact) mass is 199 g/mol. The second-order valence-corrected chi connectivity index (χ2v) is 4.10. The van der Waals surface area contributed by atoms with Crippen LogP contribution in [0, 0.1) is 5.92 Å². The van der Waals surface area contributed by atoms with Crippen LogP contribution in [0.5, 0.6) is 0 Å². The molecule has 0 bridgehead atoms. The predicted molar refractivity (Wildman–Crippen MR) is 63.5 cm³/mol. The molecule has 14 heavy (non-hydrogen) atoms. The molecule has 0 heterocycles. The van der Waals surface area contributed by atoms with E-state index in [0.717, 1.165) is 19.4 Å². The molecule has 0 spiro atoms. The summed E-state index contributed by atoms with van der Waals surface area (Å²) >= 11 is 0. The van der Waals surface area contributed by atoms with Crippen LogP contribution < -0.4 is 5.73 Å². The Morgan fingerprint density at radius 2 is 1.79 bits per heavy atom. The minimum absolute atomic E-state index is 0.529. The molecule has 0 unspecified atom stereocenters. The summed E-state index contributed by atoms with van der Waals surface area (Å²) in [7, 11) is 1.76. The highest BCUT2D eigenvalue weighted by Gasteiger charge is 2.17. The van der Waals surface area contributed by atoms with Crippen LogP contribution in [0.25, 0.3) is 0 Å². The molecule has 0 fully saturated rings. The Labute approximate surface area is 88.4 Å². The van der Waals surface area contributed by atoms with Gasteiger partial charge in [-0.25, -0.2) is 0 Å². The fourth-order valence-corrected chi connectivity index (χ4v) is 1.68. The van der Waals surface area contributed by atoms with Gasteiger partial charge >= 0.3 is 0 Å². The number of rotatable bonds is 5. The number of hydrogen-bond acceptors (Lipinski definition) is 1. The molecular weight excluding hydrogens is 174 g/mol. The first-order valence-corrected chi connectivity index (χ1v) is 5.55. The average molecular weight is 199 g/mol. The van der Waals surface area contributed by atoms with Gasteiger partial charge in [-0.2, -0.15) is 0 Å². The van der Waals surface area contributed by atoms with Crippen molar-refractivity contribution in [1.82, 2.24) is 4.90 Å². The summed E-state index contributed by atoms with van der Waals surface area (Å²) in [6.07, 6.45) is 2.25. The highest BCUT2D eigenvalue weighted by molar-refractivity contribution is 5.78. The lowest BCUT2D eigenvalue weighted by molar-refractivity contribution is 0.264. The fraction of sp³-hybridized carbons (Fsp3) is 0.909. The Morgan fingerprint density at radius 3 is 2.07 bits per heavy atom. The van der Waals surface area contributed by atoms with Gasteiger partial charge in [0.2, 0.25) is 0 Å². The zero-order valence-corrected chi connectivity index (χ0v) is 10.2. The average Bonchev–Trinajstić information content (AvgIpc) is 2.16. The molecular formula is C11H25N3. The van der Waals surface area contributed by atoms with E-state index in [1.807, 2.05) is 0 Å². The number of nitrogens with two attached hydrogens (primary N) is 1. The minimum atomic E-state index is 0.529. The van der Waals surface area contributed by atoms with Crippen molar-refractivity contribution in [1.29, 1.82) is 0 Å². The number of aliphatic imine (C=N–C) groups is 1. The van der Waals surface area contributed by atoms with Crippen LogP contribution >= 0.6 is 0 Å². The SMILES string of the molecule is CCC(CC)N(CC(C)C)C(N)=NC. The van der Waals surface area contributed by atoms with Gasteiger partial charge in [-0.15, -0.1) is 0 Å². The van der Waals surface area contributed by atoms with E-state index in [4.69, 9.17) is 5.73 Å². The molecule has 0 aromatic carbocycles. The van der Waals surface area contributed by atoms with E-state index >= 15 is 0 Å². The molecule has 0 rings (SSSR count). The van der Waals surface area contributed by atoms with Gasteiger partial charge in [0.25, 0.3) is 0 Å². The van der Waals surface area contributed by atoms with Crippen molar-refractivity contribution in [3.8, 4) is 0 Å². The van der Waals surface area contributed by atoms with Crippen molar-refractivity contribution in [2.45, 2.75) is 46.6 Å². The molecule has 3 heteroatoms. The van der Waals surface area contributed by atoms with Crippen molar-refractivity contribution >= 4 is 5.96 Å². The first-order valence-electron chi connectivity index (χ1n) is 5.55. The Kier molecular flexibility index (Phi) is 6.34. The number of nitrogens with zero attached hydrogens (tertiary/aromatic N) is 2. The maximum atomic E-state index is 5.89. The first-order chi connectivity index (χ1) is 6.56. The number of hydrogen-bond donors (Lipinski definition) is 1. The summed E-state index contributed by atoms with van der Waals surface area (Å²) in [6, 6.07) is 0.529. The Bertz CT molecular complexity index is 171. The lowest BCUT2D eigenvalue weighted by Crippen LogP contribution is -2.46. The smallest absolute Gasteiger partial charge is 0.191 e. The molecule has 0 saturated heterocycles. The summed E-state index contributed by atoms with van der Waals surface area (Å²) < 4.78 is 0. The van der Waals surface area contributed by atoms with E-state index in [0.29, 0.717) is 17.9 Å². The largest absolute Gasteiger partial charge is 0.370 e. The van der Waals surface area contributed by atoms with Crippen LogP contribution in [0.15, 0.2) is 4.99 Å². The van der Waals surface area contributed by atoms with Gasteiger partial charge in [0, 0.05) is 19.6 Å². The third kappa shape index (κ3) is 3.99. The lowest BCUT2D eigenvalue weighted by atomic mass is 10.1. The van der Waals surface area contributed by atoms with Crippen molar-refractivity contribution in [2.75, 3.05) is 13.6 Å². The van der Waals surface area contributed by atoms with E-state index in [1.165, 1.54) is 0 Å². The first kappa shape index (κ1) is 13.3. The number of guanidine groups is 1. The third-order valence-corrected chi connectivity index (χ3v) is 2.47. The van der Waals surface area contributed by atoms with E-state index in [9.17, 15) is 0 Å². The van der Waals surface area contributed by atoms with E-state index < -0.39 is 0 Å². The molecule has 0 aromatic rings. The molecule has 0 radical (unpaired) electrons. The Balaban J connectivity index is 4.52. The maximum Gasteiger partial charge on any atom is 0.191 e. The Morgan fingerprint density at radius 1 is 1.29 bits per heavy atom. The summed E-state index contributed by atoms with van der Waals surface area (Å²) in [5.41, 5.74) is 5.89. The molecule has 0 aliphatic rings. The zero-order chi connectivity index (χ0) is 11.1. The van der Waals surface area contributed by atoms with Crippen LogP contribution in [0.1, 0.15) is 40.5 Å². The van der Waals surface area contributed by atoms with Crippen molar-refractivity contribution < 1.29 is 0 Å². The molecule has 2 N–H and O–H groups in total. The van der Waals surface area contributed by atoms with Crippen LogP contribution in [-0.2, 0) is 0 Å². The van der Waals surface area contributed by atoms with Crippen LogP contribution in [-0.4, -0.2) is 30.5 Å². The molecule has 84 valence electrons. The second kappa shape index (κ2) is 6.68. The highest BCUT2D eigenvalue weighted by Crippen LogP contribution is 2.10. The summed E-state index contributed by atoms with van der Waals surface area (Å²) in [5.74, 6) is 1.29.